The Bertz CT molecular complexity index is 1040. The molecule has 2 N–H and O–H groups in total. The van der Waals surface area contributed by atoms with Crippen LogP contribution in [-0.4, -0.2) is 47.1 Å². The minimum absolute atomic E-state index is 0.0960. The van der Waals surface area contributed by atoms with E-state index in [2.05, 4.69) is 28.2 Å². The van der Waals surface area contributed by atoms with Crippen molar-refractivity contribution in [3.8, 4) is 0 Å². The Kier molecular flexibility index (Phi) is 6.71. The summed E-state index contributed by atoms with van der Waals surface area (Å²) >= 11 is 5.62. The highest BCUT2D eigenvalue weighted by atomic mass is 32.1. The van der Waals surface area contributed by atoms with Crippen molar-refractivity contribution >= 4 is 28.2 Å². The number of benzene rings is 1. The van der Waals surface area contributed by atoms with Gasteiger partial charge in [-0.05, 0) is 87.0 Å². The summed E-state index contributed by atoms with van der Waals surface area (Å²) in [5.74, 6) is 0.797. The second-order valence-electron chi connectivity index (χ2n) is 7.62. The van der Waals surface area contributed by atoms with E-state index in [9.17, 15) is 4.79 Å². The number of likely N-dealkylation sites (N-methyl/N-ethyl adjacent to an activating group) is 1. The minimum atomic E-state index is -0.0960. The fourth-order valence-electron chi connectivity index (χ4n) is 3.13. The van der Waals surface area contributed by atoms with Gasteiger partial charge in [-0.25, -0.2) is 0 Å². The Morgan fingerprint density at radius 1 is 1.17 bits per heavy atom. The number of furan rings is 1. The van der Waals surface area contributed by atoms with Crippen molar-refractivity contribution in [1.29, 1.82) is 0 Å². The zero-order chi connectivity index (χ0) is 21.0. The third-order valence-corrected chi connectivity index (χ3v) is 5.35. The minimum Gasteiger partial charge on any atom is -0.467 e. The molecule has 0 aliphatic heterocycles. The van der Waals surface area contributed by atoms with Crippen LogP contribution >= 0.6 is 12.2 Å². The molecule has 7 heteroatoms. The molecule has 0 fully saturated rings. The Labute approximate surface area is 176 Å². The van der Waals surface area contributed by atoms with E-state index in [1.807, 2.05) is 50.2 Å². The summed E-state index contributed by atoms with van der Waals surface area (Å²) in [7, 11) is 4.04. The smallest absolute Gasteiger partial charge is 0.253 e. The van der Waals surface area contributed by atoms with E-state index in [0.717, 1.165) is 35.3 Å². The largest absolute Gasteiger partial charge is 0.467 e. The van der Waals surface area contributed by atoms with Gasteiger partial charge < -0.3 is 24.5 Å². The number of fused-ring (bicyclic) bond motifs is 1. The van der Waals surface area contributed by atoms with Crippen molar-refractivity contribution in [1.82, 2.24) is 20.1 Å². The molecule has 0 saturated carbocycles. The Hall–Kier alpha value is -2.64. The van der Waals surface area contributed by atoms with Gasteiger partial charge in [-0.1, -0.05) is 0 Å². The summed E-state index contributed by atoms with van der Waals surface area (Å²) in [6.45, 7) is 6.60. The van der Waals surface area contributed by atoms with Gasteiger partial charge in [-0.3, -0.25) is 4.79 Å². The lowest BCUT2D eigenvalue weighted by Gasteiger charge is -2.25. The number of aromatic nitrogens is 1. The summed E-state index contributed by atoms with van der Waals surface area (Å²) < 4.78 is 5.50. The Balaban J connectivity index is 1.86. The van der Waals surface area contributed by atoms with Gasteiger partial charge in [0, 0.05) is 24.2 Å². The van der Waals surface area contributed by atoms with Gasteiger partial charge in [0.1, 0.15) is 5.76 Å². The van der Waals surface area contributed by atoms with Crippen LogP contribution in [0.15, 0.2) is 45.8 Å². The molecule has 0 bridgehead atoms. The number of rotatable bonds is 7. The number of thiocarbonyl (C=S) groups is 1. The topological polar surface area (TPSA) is 64.5 Å². The molecule has 0 aliphatic rings. The lowest BCUT2D eigenvalue weighted by atomic mass is 10.0. The van der Waals surface area contributed by atoms with Crippen LogP contribution in [0, 0.1) is 13.8 Å². The molecule has 29 heavy (non-hydrogen) atoms. The Morgan fingerprint density at radius 2 is 1.93 bits per heavy atom. The maximum Gasteiger partial charge on any atom is 0.253 e. The van der Waals surface area contributed by atoms with Crippen LogP contribution in [0.1, 0.15) is 22.5 Å². The highest BCUT2D eigenvalue weighted by molar-refractivity contribution is 7.80. The van der Waals surface area contributed by atoms with E-state index in [1.165, 1.54) is 5.56 Å². The second kappa shape index (κ2) is 9.24. The molecular formula is C22H28N4O2S. The van der Waals surface area contributed by atoms with Crippen molar-refractivity contribution in [2.24, 2.45) is 0 Å². The molecule has 3 rings (SSSR count). The molecule has 154 valence electrons. The molecule has 2 heterocycles. The molecule has 0 amide bonds. The highest BCUT2D eigenvalue weighted by Crippen LogP contribution is 2.18. The summed E-state index contributed by atoms with van der Waals surface area (Å²) in [6, 6.07) is 9.84. The third-order valence-electron chi connectivity index (χ3n) is 4.95. The van der Waals surface area contributed by atoms with E-state index >= 15 is 0 Å². The lowest BCUT2D eigenvalue weighted by molar-refractivity contribution is 0.346. The van der Waals surface area contributed by atoms with Crippen LogP contribution in [0.3, 0.4) is 0 Å². The molecule has 0 saturated heterocycles. The standard InChI is InChI=1S/C22H28N4O2S/c1-15-10-17-12-18(21(27)24-20(17)11-16(15)2)13-26(14-19-6-5-9-28-19)22(29)23-7-8-25(3)4/h5-6,9-12H,7-8,13-14H2,1-4H3,(H,23,29)(H,24,27). The first-order chi connectivity index (χ1) is 13.8. The van der Waals surface area contributed by atoms with Gasteiger partial charge in [0.25, 0.3) is 5.56 Å². The molecule has 6 nitrogen and oxygen atoms in total. The summed E-state index contributed by atoms with van der Waals surface area (Å²) in [6.07, 6.45) is 1.64. The zero-order valence-electron chi connectivity index (χ0n) is 17.4. The van der Waals surface area contributed by atoms with Crippen molar-refractivity contribution in [3.63, 3.8) is 0 Å². The maximum absolute atomic E-state index is 12.7. The number of H-pyrrole nitrogens is 1. The number of nitrogens with one attached hydrogen (secondary N) is 2. The van der Waals surface area contributed by atoms with Crippen molar-refractivity contribution in [3.05, 3.63) is 69.4 Å². The number of pyridine rings is 1. The molecule has 2 aromatic heterocycles. The van der Waals surface area contributed by atoms with Gasteiger partial charge in [-0.15, -0.1) is 0 Å². The second-order valence-corrected chi connectivity index (χ2v) is 8.00. The van der Waals surface area contributed by atoms with Crippen LogP contribution in [0.25, 0.3) is 10.9 Å². The first-order valence-corrected chi connectivity index (χ1v) is 10.1. The normalized spacial score (nSPS) is 11.2. The monoisotopic (exact) mass is 412 g/mol. The van der Waals surface area contributed by atoms with Crippen LogP contribution in [-0.2, 0) is 13.1 Å². The predicted octanol–water partition coefficient (Wildman–Crippen LogP) is 3.18. The fourth-order valence-corrected chi connectivity index (χ4v) is 3.36. The summed E-state index contributed by atoms with van der Waals surface area (Å²) in [4.78, 5) is 19.8. The van der Waals surface area contributed by atoms with E-state index in [1.54, 1.807) is 6.26 Å². The lowest BCUT2D eigenvalue weighted by Crippen LogP contribution is -2.42. The molecule has 0 aliphatic carbocycles. The number of aryl methyl sites for hydroxylation is 2. The van der Waals surface area contributed by atoms with Crippen molar-refractivity contribution < 1.29 is 4.42 Å². The van der Waals surface area contributed by atoms with E-state index in [0.29, 0.717) is 23.8 Å². The molecular weight excluding hydrogens is 384 g/mol. The van der Waals surface area contributed by atoms with Crippen molar-refractivity contribution in [2.75, 3.05) is 27.2 Å². The van der Waals surface area contributed by atoms with Crippen molar-refractivity contribution in [2.45, 2.75) is 26.9 Å². The van der Waals surface area contributed by atoms with Crippen LogP contribution < -0.4 is 10.9 Å². The predicted molar refractivity (Wildman–Crippen MR) is 121 cm³/mol. The summed E-state index contributed by atoms with van der Waals surface area (Å²) in [5.41, 5.74) is 3.78. The zero-order valence-corrected chi connectivity index (χ0v) is 18.2. The maximum atomic E-state index is 12.7. The number of hydrogen-bond donors (Lipinski definition) is 2. The van der Waals surface area contributed by atoms with Crippen LogP contribution in [0.5, 0.6) is 0 Å². The van der Waals surface area contributed by atoms with E-state index < -0.39 is 0 Å². The van der Waals surface area contributed by atoms with Gasteiger partial charge in [-0.2, -0.15) is 0 Å². The molecule has 0 atom stereocenters. The molecule has 0 unspecified atom stereocenters. The highest BCUT2D eigenvalue weighted by Gasteiger charge is 2.15. The van der Waals surface area contributed by atoms with Crippen LogP contribution in [0.2, 0.25) is 0 Å². The molecule has 0 radical (unpaired) electrons. The number of nitrogens with zero attached hydrogens (tertiary/aromatic N) is 2. The SMILES string of the molecule is Cc1cc2cc(CN(Cc3ccco3)C(=S)NCCN(C)C)c(=O)[nH]c2cc1C. The Morgan fingerprint density at radius 3 is 2.62 bits per heavy atom. The average Bonchev–Trinajstić information content (AvgIpc) is 3.16. The third kappa shape index (κ3) is 5.46. The van der Waals surface area contributed by atoms with Gasteiger partial charge >= 0.3 is 0 Å². The first-order valence-electron chi connectivity index (χ1n) is 9.66. The van der Waals surface area contributed by atoms with E-state index in [-0.39, 0.29) is 5.56 Å². The fraction of sp³-hybridized carbons (Fsp3) is 0.364. The first kappa shape index (κ1) is 21.1. The molecule has 1 aromatic carbocycles. The van der Waals surface area contributed by atoms with Gasteiger partial charge in [0.2, 0.25) is 0 Å². The van der Waals surface area contributed by atoms with Crippen LogP contribution in [0.4, 0.5) is 0 Å². The average molecular weight is 413 g/mol. The molecule has 3 aromatic rings. The van der Waals surface area contributed by atoms with Gasteiger partial charge in [0.15, 0.2) is 5.11 Å². The number of aromatic amines is 1. The number of hydrogen-bond acceptors (Lipinski definition) is 4. The van der Waals surface area contributed by atoms with Gasteiger partial charge in [0.05, 0.1) is 19.4 Å². The molecule has 0 spiro atoms. The summed E-state index contributed by atoms with van der Waals surface area (Å²) in [5, 5.41) is 4.90. The van der Waals surface area contributed by atoms with E-state index in [4.69, 9.17) is 16.6 Å². The quantitative estimate of drug-likeness (QED) is 0.581.